The highest BCUT2D eigenvalue weighted by Crippen LogP contribution is 2.61. The molecule has 0 saturated carbocycles. The molecular formula is C21H19IN2P+. The number of nitrogens with zero attached hydrogens (tertiary/aromatic N) is 1. The van der Waals surface area contributed by atoms with Crippen LogP contribution in [0.15, 0.2) is 103 Å². The van der Waals surface area contributed by atoms with Crippen LogP contribution in [-0.4, -0.2) is 0 Å². The van der Waals surface area contributed by atoms with Crippen molar-refractivity contribution in [3.8, 4) is 6.07 Å². The summed E-state index contributed by atoms with van der Waals surface area (Å²) < 4.78 is 0. The van der Waals surface area contributed by atoms with Crippen LogP contribution >= 0.6 is 31.2 Å². The molecule has 0 heterocycles. The maximum absolute atomic E-state index is 9.88. The molecule has 25 heavy (non-hydrogen) atoms. The van der Waals surface area contributed by atoms with Crippen molar-refractivity contribution in [3.05, 3.63) is 103 Å². The number of nitriles is 1. The Balaban J connectivity index is 0.00000225. The van der Waals surface area contributed by atoms with Crippen LogP contribution in [0.3, 0.4) is 0 Å². The lowest BCUT2D eigenvalue weighted by Crippen LogP contribution is -2.32. The van der Waals surface area contributed by atoms with Gasteiger partial charge in [0.1, 0.15) is 22.0 Å². The predicted molar refractivity (Wildman–Crippen MR) is 118 cm³/mol. The fraction of sp³-hybridized carbons (Fsp3) is 0. The topological polar surface area (TPSA) is 49.8 Å². The Hall–Kier alpha value is -2.15. The first-order valence-electron chi connectivity index (χ1n) is 7.72. The smallest absolute Gasteiger partial charge is 0.200 e. The van der Waals surface area contributed by atoms with Crippen molar-refractivity contribution in [2.24, 2.45) is 5.73 Å². The molecular weight excluding hydrogens is 438 g/mol. The van der Waals surface area contributed by atoms with Gasteiger partial charge in [-0.2, -0.15) is 5.26 Å². The van der Waals surface area contributed by atoms with Gasteiger partial charge >= 0.3 is 0 Å². The molecule has 0 saturated heterocycles. The lowest BCUT2D eigenvalue weighted by atomic mass is 10.4. The van der Waals surface area contributed by atoms with Crippen LogP contribution in [0.2, 0.25) is 0 Å². The Morgan fingerprint density at radius 2 is 1.04 bits per heavy atom. The first kappa shape index (κ1) is 19.2. The van der Waals surface area contributed by atoms with Crippen LogP contribution in [-0.2, 0) is 0 Å². The fourth-order valence-electron chi connectivity index (χ4n) is 3.04. The summed E-state index contributed by atoms with van der Waals surface area (Å²) in [6.07, 6.45) is 1.47. The minimum Gasteiger partial charge on any atom is -0.401 e. The van der Waals surface area contributed by atoms with Crippen LogP contribution in [0.4, 0.5) is 0 Å². The molecule has 0 atom stereocenters. The number of nitrogens with two attached hydrogens (primary N) is 1. The van der Waals surface area contributed by atoms with E-state index in [0.717, 1.165) is 15.9 Å². The van der Waals surface area contributed by atoms with E-state index in [1.54, 1.807) is 0 Å². The minimum atomic E-state index is -2.29. The van der Waals surface area contributed by atoms with Crippen molar-refractivity contribution in [2.75, 3.05) is 0 Å². The van der Waals surface area contributed by atoms with Gasteiger partial charge in [-0.25, -0.2) is 0 Å². The summed E-state index contributed by atoms with van der Waals surface area (Å²) in [6, 6.07) is 33.0. The van der Waals surface area contributed by atoms with E-state index in [0.29, 0.717) is 5.31 Å². The zero-order valence-corrected chi connectivity index (χ0v) is 16.8. The van der Waals surface area contributed by atoms with Gasteiger partial charge in [-0.1, -0.05) is 54.6 Å². The molecule has 0 aliphatic carbocycles. The van der Waals surface area contributed by atoms with Crippen LogP contribution in [0.1, 0.15) is 0 Å². The zero-order chi connectivity index (χ0) is 16.8. The van der Waals surface area contributed by atoms with Crippen molar-refractivity contribution in [3.63, 3.8) is 0 Å². The van der Waals surface area contributed by atoms with Gasteiger partial charge < -0.3 is 5.73 Å². The van der Waals surface area contributed by atoms with E-state index >= 15 is 0 Å². The van der Waals surface area contributed by atoms with Crippen LogP contribution in [0, 0.1) is 11.3 Å². The molecule has 2 N–H and O–H groups in total. The van der Waals surface area contributed by atoms with Crippen molar-refractivity contribution in [2.45, 2.75) is 0 Å². The molecule has 0 spiro atoms. The standard InChI is InChI=1S/C21H18N2P.HI/c22-16-21(17-23)24(18-10-4-1-5-11-18,19-12-6-2-7-13-19)20-14-8-3-9-15-20;/h1-16H,22H2;1H/q+1;/b21-16+;. The summed E-state index contributed by atoms with van der Waals surface area (Å²) in [5, 5.41) is 13.9. The fourth-order valence-corrected chi connectivity index (χ4v) is 7.00. The number of hydrogen-bond acceptors (Lipinski definition) is 2. The van der Waals surface area contributed by atoms with Gasteiger partial charge in [0.15, 0.2) is 7.26 Å². The summed E-state index contributed by atoms with van der Waals surface area (Å²) in [5.74, 6) is 0. The van der Waals surface area contributed by atoms with Crippen molar-refractivity contribution < 1.29 is 0 Å². The number of benzene rings is 3. The average Bonchev–Trinajstić information content (AvgIpc) is 2.68. The van der Waals surface area contributed by atoms with E-state index in [2.05, 4.69) is 42.5 Å². The Labute approximate surface area is 166 Å². The number of halogens is 1. The van der Waals surface area contributed by atoms with E-state index in [-0.39, 0.29) is 24.0 Å². The molecule has 0 fully saturated rings. The van der Waals surface area contributed by atoms with Gasteiger partial charge in [0.2, 0.25) is 5.31 Å². The van der Waals surface area contributed by atoms with Gasteiger partial charge in [0.25, 0.3) is 0 Å². The van der Waals surface area contributed by atoms with E-state index in [9.17, 15) is 5.26 Å². The first-order chi connectivity index (χ1) is 11.8. The molecule has 0 aliphatic rings. The third-order valence-electron chi connectivity index (χ3n) is 4.06. The zero-order valence-electron chi connectivity index (χ0n) is 13.6. The molecule has 0 bridgehead atoms. The summed E-state index contributed by atoms with van der Waals surface area (Å²) in [5.41, 5.74) is 5.92. The minimum absolute atomic E-state index is 0. The maximum Gasteiger partial charge on any atom is 0.200 e. The molecule has 0 aliphatic heterocycles. The van der Waals surface area contributed by atoms with Crippen molar-refractivity contribution >= 4 is 47.2 Å². The average molecular weight is 457 g/mol. The van der Waals surface area contributed by atoms with Crippen LogP contribution in [0.25, 0.3) is 0 Å². The number of hydrogen-bond donors (Lipinski definition) is 1. The van der Waals surface area contributed by atoms with Crippen molar-refractivity contribution in [1.82, 2.24) is 0 Å². The Bertz CT molecular complexity index is 775. The molecule has 0 amide bonds. The molecule has 3 aromatic carbocycles. The number of rotatable bonds is 4. The van der Waals surface area contributed by atoms with E-state index in [1.165, 1.54) is 6.20 Å². The molecule has 0 unspecified atom stereocenters. The molecule has 124 valence electrons. The monoisotopic (exact) mass is 457 g/mol. The molecule has 4 heteroatoms. The summed E-state index contributed by atoms with van der Waals surface area (Å²) in [4.78, 5) is 0. The first-order valence-corrected chi connectivity index (χ1v) is 9.51. The molecule has 3 rings (SSSR count). The predicted octanol–water partition coefficient (Wildman–Crippen LogP) is 3.92. The second kappa shape index (κ2) is 8.80. The Morgan fingerprint density at radius 1 is 0.720 bits per heavy atom. The number of allylic oxidation sites excluding steroid dienone is 1. The second-order valence-electron chi connectivity index (χ2n) is 5.34. The summed E-state index contributed by atoms with van der Waals surface area (Å²) in [7, 11) is -2.29. The van der Waals surface area contributed by atoms with Crippen molar-refractivity contribution in [1.29, 1.82) is 5.26 Å². The molecule has 0 aromatic heterocycles. The Kier molecular flexibility index (Phi) is 6.75. The molecule has 3 aromatic rings. The summed E-state index contributed by atoms with van der Waals surface area (Å²) >= 11 is 0. The third-order valence-corrected chi connectivity index (χ3v) is 8.25. The van der Waals surface area contributed by atoms with Crippen LogP contribution < -0.4 is 21.6 Å². The highest BCUT2D eigenvalue weighted by Gasteiger charge is 2.49. The van der Waals surface area contributed by atoms with Gasteiger partial charge in [-0.15, -0.1) is 24.0 Å². The normalized spacial score (nSPS) is 11.2. The quantitative estimate of drug-likeness (QED) is 0.367. The van der Waals surface area contributed by atoms with E-state index < -0.39 is 7.26 Å². The third kappa shape index (κ3) is 3.46. The SMILES string of the molecule is I.N#C/C(=C\N)[P+](c1ccccc1)(c1ccccc1)c1ccccc1. The second-order valence-corrected chi connectivity index (χ2v) is 8.71. The molecule has 2 nitrogen and oxygen atoms in total. The Morgan fingerprint density at radius 3 is 1.28 bits per heavy atom. The van der Waals surface area contributed by atoms with Gasteiger partial charge in [0.05, 0.1) is 0 Å². The summed E-state index contributed by atoms with van der Waals surface area (Å²) in [6.45, 7) is 0. The van der Waals surface area contributed by atoms with Gasteiger partial charge in [0, 0.05) is 6.20 Å². The lowest BCUT2D eigenvalue weighted by Gasteiger charge is -2.26. The van der Waals surface area contributed by atoms with Crippen LogP contribution in [0.5, 0.6) is 0 Å². The van der Waals surface area contributed by atoms with E-state index in [4.69, 9.17) is 5.73 Å². The highest BCUT2D eigenvalue weighted by molar-refractivity contribution is 14.0. The largest absolute Gasteiger partial charge is 0.401 e. The lowest BCUT2D eigenvalue weighted by molar-refractivity contribution is 1.49. The molecule has 0 radical (unpaired) electrons. The van der Waals surface area contributed by atoms with E-state index in [1.807, 2.05) is 54.6 Å². The van der Waals surface area contributed by atoms with Gasteiger partial charge in [-0.3, -0.25) is 0 Å². The van der Waals surface area contributed by atoms with Gasteiger partial charge in [-0.05, 0) is 36.4 Å². The maximum atomic E-state index is 9.88. The highest BCUT2D eigenvalue weighted by atomic mass is 127.